The lowest BCUT2D eigenvalue weighted by Gasteiger charge is -2.49. The molecular formula is C38H46N2O6. The molecule has 2 heterocycles. The Hall–Kier alpha value is -4.33. The third-order valence-electron chi connectivity index (χ3n) is 9.45. The lowest BCUT2D eigenvalue weighted by atomic mass is 9.87. The van der Waals surface area contributed by atoms with Gasteiger partial charge in [-0.25, -0.2) is 0 Å². The summed E-state index contributed by atoms with van der Waals surface area (Å²) >= 11 is 0. The van der Waals surface area contributed by atoms with E-state index in [4.69, 9.17) is 14.2 Å². The van der Waals surface area contributed by atoms with Crippen LogP contribution in [0.15, 0.2) is 72.8 Å². The van der Waals surface area contributed by atoms with E-state index in [0.717, 1.165) is 51.4 Å². The van der Waals surface area contributed by atoms with Crippen molar-refractivity contribution >= 4 is 17.6 Å². The molecule has 0 saturated carbocycles. The molecule has 2 unspecified atom stereocenters. The smallest absolute Gasteiger partial charge is 0.295 e. The molecule has 0 spiro atoms. The van der Waals surface area contributed by atoms with Crippen molar-refractivity contribution < 1.29 is 28.6 Å². The van der Waals surface area contributed by atoms with Crippen LogP contribution in [0.3, 0.4) is 0 Å². The molecule has 2 atom stereocenters. The molecule has 2 fully saturated rings. The summed E-state index contributed by atoms with van der Waals surface area (Å²) in [5, 5.41) is 0. The Labute approximate surface area is 272 Å². The van der Waals surface area contributed by atoms with E-state index in [1.54, 1.807) is 4.90 Å². The van der Waals surface area contributed by atoms with Crippen LogP contribution < -0.4 is 14.2 Å². The van der Waals surface area contributed by atoms with E-state index in [1.165, 1.54) is 44.6 Å². The molecule has 3 aromatic carbocycles. The molecular weight excluding hydrogens is 580 g/mol. The summed E-state index contributed by atoms with van der Waals surface area (Å²) in [7, 11) is 4.41. The topological polar surface area (TPSA) is 85.4 Å². The number of methoxy groups -OCH3 is 3. The normalized spacial score (nSPS) is 17.6. The van der Waals surface area contributed by atoms with Crippen LogP contribution in [0, 0.1) is 5.92 Å². The van der Waals surface area contributed by atoms with Crippen LogP contribution in [0.5, 0.6) is 17.2 Å². The highest BCUT2D eigenvalue weighted by molar-refractivity contribution is 6.43. The maximum atomic E-state index is 14.0. The first-order chi connectivity index (χ1) is 22.4. The van der Waals surface area contributed by atoms with E-state index in [9.17, 15) is 14.4 Å². The van der Waals surface area contributed by atoms with Crippen molar-refractivity contribution in [2.24, 2.45) is 5.92 Å². The van der Waals surface area contributed by atoms with Gasteiger partial charge in [-0.2, -0.15) is 0 Å². The number of fused-ring (bicyclic) bond motifs is 2. The zero-order chi connectivity index (χ0) is 32.5. The molecule has 2 amide bonds. The maximum absolute atomic E-state index is 14.0. The summed E-state index contributed by atoms with van der Waals surface area (Å²) in [4.78, 5) is 44.9. The number of amides is 2. The van der Waals surface area contributed by atoms with Crippen LogP contribution >= 0.6 is 0 Å². The first-order valence-corrected chi connectivity index (χ1v) is 16.5. The van der Waals surface area contributed by atoms with Gasteiger partial charge in [0.1, 0.15) is 6.04 Å². The van der Waals surface area contributed by atoms with Gasteiger partial charge >= 0.3 is 0 Å². The number of piperazine rings is 1. The van der Waals surface area contributed by atoms with Gasteiger partial charge in [0.25, 0.3) is 11.7 Å². The fourth-order valence-electron chi connectivity index (χ4n) is 7.10. The number of likely N-dealkylation sites (tertiary alicyclic amines) is 1. The van der Waals surface area contributed by atoms with Crippen LogP contribution in [0.1, 0.15) is 66.4 Å². The summed E-state index contributed by atoms with van der Waals surface area (Å²) in [5.41, 5.74) is 2.81. The van der Waals surface area contributed by atoms with E-state index in [-0.39, 0.29) is 17.5 Å². The molecule has 0 N–H and O–H groups in total. The number of hydrogen-bond acceptors (Lipinski definition) is 6. The van der Waals surface area contributed by atoms with Crippen LogP contribution in [0.4, 0.5) is 0 Å². The Morgan fingerprint density at radius 3 is 1.89 bits per heavy atom. The van der Waals surface area contributed by atoms with Crippen LogP contribution in [-0.2, 0) is 22.4 Å². The first-order valence-electron chi connectivity index (χ1n) is 16.5. The fourth-order valence-corrected chi connectivity index (χ4v) is 7.10. The molecule has 3 aromatic rings. The Kier molecular flexibility index (Phi) is 11.3. The quantitative estimate of drug-likeness (QED) is 0.149. The maximum Gasteiger partial charge on any atom is 0.295 e. The molecule has 2 bridgehead atoms. The lowest BCUT2D eigenvalue weighted by molar-refractivity contribution is -0.157. The molecule has 2 aliphatic heterocycles. The van der Waals surface area contributed by atoms with Gasteiger partial charge in [-0.15, -0.1) is 0 Å². The number of Topliss-reactive ketones (excluding diaryl/α,β-unsaturated/α-hetero) is 1. The average molecular weight is 627 g/mol. The highest BCUT2D eigenvalue weighted by Crippen LogP contribution is 2.39. The van der Waals surface area contributed by atoms with Gasteiger partial charge in [-0.1, -0.05) is 60.7 Å². The predicted molar refractivity (Wildman–Crippen MR) is 178 cm³/mol. The molecule has 244 valence electrons. The zero-order valence-electron chi connectivity index (χ0n) is 27.3. The van der Waals surface area contributed by atoms with E-state index >= 15 is 0 Å². The van der Waals surface area contributed by atoms with Gasteiger partial charge in [-0.3, -0.25) is 14.4 Å². The minimum absolute atomic E-state index is 0.0434. The van der Waals surface area contributed by atoms with Crippen molar-refractivity contribution in [1.29, 1.82) is 0 Å². The highest BCUT2D eigenvalue weighted by Gasteiger charge is 2.47. The first kappa shape index (κ1) is 33.0. The molecule has 0 aromatic heterocycles. The number of ether oxygens (including phenoxy) is 3. The fraction of sp³-hybridized carbons (Fsp3) is 0.447. The van der Waals surface area contributed by atoms with E-state index in [0.29, 0.717) is 42.7 Å². The molecule has 46 heavy (non-hydrogen) atoms. The minimum Gasteiger partial charge on any atom is -0.493 e. The number of aryl methyl sites for hydroxylation is 2. The van der Waals surface area contributed by atoms with Crippen molar-refractivity contribution in [2.45, 2.75) is 69.9 Å². The number of rotatable bonds is 15. The third kappa shape index (κ3) is 7.72. The van der Waals surface area contributed by atoms with Gasteiger partial charge in [0.15, 0.2) is 11.5 Å². The number of hydrogen-bond donors (Lipinski definition) is 0. The number of nitrogens with zero attached hydrogens (tertiary/aromatic N) is 2. The summed E-state index contributed by atoms with van der Waals surface area (Å²) in [5.74, 6) is -0.0826. The van der Waals surface area contributed by atoms with Crippen molar-refractivity contribution in [3.05, 3.63) is 89.5 Å². The number of carbonyl (C=O) groups is 3. The SMILES string of the molecule is COc1cc(C(=O)C(=O)N2C3CCCC2C(=O)N(CC(CCCc2ccccc2)CCCc2ccccc2)C3)cc(OC)c1OC. The van der Waals surface area contributed by atoms with Crippen LogP contribution in [-0.4, -0.2) is 73.9 Å². The van der Waals surface area contributed by atoms with Crippen molar-refractivity contribution in [2.75, 3.05) is 34.4 Å². The van der Waals surface area contributed by atoms with Crippen molar-refractivity contribution in [3.63, 3.8) is 0 Å². The second kappa shape index (κ2) is 15.8. The standard InChI is InChI=1S/C38H46N2O6/c1-44-33-23-30(24-34(45-2)36(33)46-3)35(41)38(43)40-31-21-12-22-32(40)37(42)39(26-31)25-29(19-10-17-27-13-6-4-7-14-27)20-11-18-28-15-8-5-9-16-28/h4-9,13-16,23-24,29,31-32H,10-12,17-22,25-26H2,1-3H3. The molecule has 8 nitrogen and oxygen atoms in total. The molecule has 2 aliphatic rings. The summed E-state index contributed by atoms with van der Waals surface area (Å²) in [6.07, 6.45) is 8.39. The second-order valence-corrected chi connectivity index (χ2v) is 12.4. The predicted octanol–water partition coefficient (Wildman–Crippen LogP) is 6.15. The monoisotopic (exact) mass is 626 g/mol. The lowest BCUT2D eigenvalue weighted by Crippen LogP contribution is -2.66. The Morgan fingerprint density at radius 2 is 1.37 bits per heavy atom. The van der Waals surface area contributed by atoms with Gasteiger partial charge < -0.3 is 24.0 Å². The summed E-state index contributed by atoms with van der Waals surface area (Å²) in [6, 6.07) is 23.3. The van der Waals surface area contributed by atoms with Gasteiger partial charge in [0.05, 0.1) is 27.4 Å². The Balaban J connectivity index is 1.28. The van der Waals surface area contributed by atoms with Crippen LogP contribution in [0.25, 0.3) is 0 Å². The number of ketones is 1. The molecule has 0 radical (unpaired) electrons. The zero-order valence-corrected chi connectivity index (χ0v) is 27.3. The van der Waals surface area contributed by atoms with E-state index in [2.05, 4.69) is 48.5 Å². The van der Waals surface area contributed by atoms with E-state index in [1.807, 2.05) is 17.0 Å². The van der Waals surface area contributed by atoms with Gasteiger partial charge in [-0.05, 0) is 87.0 Å². The molecule has 2 saturated heterocycles. The highest BCUT2D eigenvalue weighted by atomic mass is 16.5. The number of benzene rings is 3. The largest absolute Gasteiger partial charge is 0.493 e. The molecule has 5 rings (SSSR count). The second-order valence-electron chi connectivity index (χ2n) is 12.4. The minimum atomic E-state index is -0.683. The van der Waals surface area contributed by atoms with Crippen molar-refractivity contribution in [1.82, 2.24) is 9.80 Å². The molecule has 8 heteroatoms. The number of piperidine rings is 1. The Morgan fingerprint density at radius 1 is 0.804 bits per heavy atom. The third-order valence-corrected chi connectivity index (χ3v) is 9.45. The average Bonchev–Trinajstić information content (AvgIpc) is 3.09. The summed E-state index contributed by atoms with van der Waals surface area (Å²) in [6.45, 7) is 1.13. The summed E-state index contributed by atoms with van der Waals surface area (Å²) < 4.78 is 16.2. The molecule has 0 aliphatic carbocycles. The van der Waals surface area contributed by atoms with Gasteiger partial charge in [0, 0.05) is 18.7 Å². The van der Waals surface area contributed by atoms with Crippen LogP contribution in [0.2, 0.25) is 0 Å². The van der Waals surface area contributed by atoms with Crippen molar-refractivity contribution in [3.8, 4) is 17.2 Å². The Bertz CT molecular complexity index is 1410. The number of carbonyl (C=O) groups excluding carboxylic acids is 3. The van der Waals surface area contributed by atoms with E-state index < -0.39 is 17.7 Å². The van der Waals surface area contributed by atoms with Gasteiger partial charge in [0.2, 0.25) is 11.7 Å².